The Morgan fingerprint density at radius 3 is 2.11 bits per heavy atom. The normalized spacial score (nSPS) is 14.5. The van der Waals surface area contributed by atoms with Gasteiger partial charge in [0.1, 0.15) is 0 Å². The van der Waals surface area contributed by atoms with E-state index in [0.717, 1.165) is 57.6 Å². The Balaban J connectivity index is 1.33. The molecular weight excluding hydrogens is 536 g/mol. The molecule has 4 aromatic carbocycles. The molecule has 1 saturated carbocycles. The van der Waals surface area contributed by atoms with Crippen LogP contribution in [0.2, 0.25) is 0 Å². The van der Waals surface area contributed by atoms with Crippen molar-refractivity contribution in [2.45, 2.75) is 37.5 Å². The highest BCUT2D eigenvalue weighted by Gasteiger charge is 2.46. The summed E-state index contributed by atoms with van der Waals surface area (Å²) < 4.78 is 0. The molecule has 4 heteroatoms. The zero-order valence-electron chi connectivity index (χ0n) is 24.4. The average Bonchev–Trinajstić information content (AvgIpc) is 3.38. The molecule has 0 bridgehead atoms. The highest BCUT2D eigenvalue weighted by molar-refractivity contribution is 5.94. The molecule has 2 aliphatic carbocycles. The van der Waals surface area contributed by atoms with Gasteiger partial charge in [0.25, 0.3) is 0 Å². The standard InChI is InChI=1S/C40H30N4/c41-25-30-12-7-15-33-37-32(14-8-16-34(37)40(38(30)33)21-5-2-6-22-40)36-24-35(43-39(44-36)29-10-3-1-4-11-29)28-19-17-27(18-20-28)31-13-9-23-42-26-31/h1,3-4,7-20,23-24,26H,2,5-6,21-22H2. The summed E-state index contributed by atoms with van der Waals surface area (Å²) in [6.45, 7) is 0. The number of pyridine rings is 1. The summed E-state index contributed by atoms with van der Waals surface area (Å²) in [7, 11) is 0. The van der Waals surface area contributed by atoms with E-state index in [9.17, 15) is 5.26 Å². The second kappa shape index (κ2) is 10.7. The highest BCUT2D eigenvalue weighted by Crippen LogP contribution is 2.58. The summed E-state index contributed by atoms with van der Waals surface area (Å²) in [6.07, 6.45) is 9.42. The van der Waals surface area contributed by atoms with Crippen molar-refractivity contribution in [3.63, 3.8) is 0 Å². The number of benzene rings is 4. The molecule has 0 saturated heterocycles. The Hall–Kier alpha value is -5.40. The van der Waals surface area contributed by atoms with Crippen LogP contribution in [0.15, 0.2) is 122 Å². The maximum Gasteiger partial charge on any atom is 0.160 e. The van der Waals surface area contributed by atoms with Crippen molar-refractivity contribution >= 4 is 0 Å². The smallest absolute Gasteiger partial charge is 0.160 e. The number of aromatic nitrogens is 3. The van der Waals surface area contributed by atoms with Crippen LogP contribution in [0.1, 0.15) is 48.8 Å². The van der Waals surface area contributed by atoms with Gasteiger partial charge in [-0.05, 0) is 64.4 Å². The lowest BCUT2D eigenvalue weighted by atomic mass is 9.67. The van der Waals surface area contributed by atoms with Gasteiger partial charge in [0.15, 0.2) is 5.82 Å². The van der Waals surface area contributed by atoms with Crippen molar-refractivity contribution in [1.29, 1.82) is 5.26 Å². The van der Waals surface area contributed by atoms with Crippen LogP contribution in [-0.2, 0) is 5.41 Å². The summed E-state index contributed by atoms with van der Waals surface area (Å²) in [6, 6.07) is 40.3. The molecule has 0 atom stereocenters. The third-order valence-electron chi connectivity index (χ3n) is 9.43. The minimum Gasteiger partial charge on any atom is -0.264 e. The van der Waals surface area contributed by atoms with Crippen molar-refractivity contribution in [2.24, 2.45) is 0 Å². The largest absolute Gasteiger partial charge is 0.264 e. The maximum absolute atomic E-state index is 10.2. The summed E-state index contributed by atoms with van der Waals surface area (Å²) >= 11 is 0. The lowest BCUT2D eigenvalue weighted by Crippen LogP contribution is -2.29. The van der Waals surface area contributed by atoms with Gasteiger partial charge < -0.3 is 0 Å². The third-order valence-corrected chi connectivity index (χ3v) is 9.43. The first-order chi connectivity index (χ1) is 21.7. The van der Waals surface area contributed by atoms with Gasteiger partial charge in [-0.3, -0.25) is 4.98 Å². The van der Waals surface area contributed by atoms with Crippen LogP contribution >= 0.6 is 0 Å². The second-order valence-corrected chi connectivity index (χ2v) is 11.9. The Morgan fingerprint density at radius 1 is 0.614 bits per heavy atom. The van der Waals surface area contributed by atoms with Crippen molar-refractivity contribution in [1.82, 2.24) is 15.0 Å². The van der Waals surface area contributed by atoms with Gasteiger partial charge in [-0.25, -0.2) is 9.97 Å². The van der Waals surface area contributed by atoms with Crippen LogP contribution in [0.25, 0.3) is 56.2 Å². The number of fused-ring (bicyclic) bond motifs is 5. The highest BCUT2D eigenvalue weighted by atomic mass is 14.9. The molecule has 1 fully saturated rings. The van der Waals surface area contributed by atoms with Crippen molar-refractivity contribution in [2.75, 3.05) is 0 Å². The van der Waals surface area contributed by atoms with Gasteiger partial charge in [-0.2, -0.15) is 5.26 Å². The van der Waals surface area contributed by atoms with Crippen LogP contribution < -0.4 is 0 Å². The fraction of sp³-hybridized carbons (Fsp3) is 0.150. The Kier molecular flexibility index (Phi) is 6.38. The Morgan fingerprint density at radius 2 is 1.34 bits per heavy atom. The third kappa shape index (κ3) is 4.24. The van der Waals surface area contributed by atoms with Crippen LogP contribution in [0.4, 0.5) is 0 Å². The van der Waals surface area contributed by atoms with Gasteiger partial charge in [0.05, 0.1) is 23.0 Å². The van der Waals surface area contributed by atoms with E-state index in [1.54, 1.807) is 6.20 Å². The fourth-order valence-corrected chi connectivity index (χ4v) is 7.45. The first-order valence-corrected chi connectivity index (χ1v) is 15.4. The quantitative estimate of drug-likeness (QED) is 0.213. The van der Waals surface area contributed by atoms with E-state index in [1.165, 1.54) is 41.5 Å². The van der Waals surface area contributed by atoms with Crippen LogP contribution in [0, 0.1) is 11.3 Å². The van der Waals surface area contributed by atoms with E-state index in [4.69, 9.17) is 9.97 Å². The lowest BCUT2D eigenvalue weighted by Gasteiger charge is -2.36. The second-order valence-electron chi connectivity index (χ2n) is 11.9. The minimum atomic E-state index is -0.120. The van der Waals surface area contributed by atoms with Gasteiger partial charge >= 0.3 is 0 Å². The van der Waals surface area contributed by atoms with E-state index in [1.807, 2.05) is 42.6 Å². The molecule has 6 aromatic rings. The van der Waals surface area contributed by atoms with Crippen LogP contribution in [-0.4, -0.2) is 15.0 Å². The number of nitriles is 1. The van der Waals surface area contributed by atoms with Crippen molar-refractivity contribution in [3.8, 4) is 62.2 Å². The molecule has 2 aliphatic rings. The summed E-state index contributed by atoms with van der Waals surface area (Å²) in [5.41, 5.74) is 12.7. The molecule has 2 heterocycles. The monoisotopic (exact) mass is 566 g/mol. The molecule has 0 N–H and O–H groups in total. The van der Waals surface area contributed by atoms with Gasteiger partial charge in [-0.1, -0.05) is 110 Å². The molecule has 44 heavy (non-hydrogen) atoms. The first-order valence-electron chi connectivity index (χ1n) is 15.4. The van der Waals surface area contributed by atoms with E-state index in [2.05, 4.69) is 83.8 Å². The van der Waals surface area contributed by atoms with Crippen LogP contribution in [0.3, 0.4) is 0 Å². The average molecular weight is 567 g/mol. The van der Waals surface area contributed by atoms with Crippen molar-refractivity contribution < 1.29 is 0 Å². The number of nitrogens with zero attached hydrogens (tertiary/aromatic N) is 4. The van der Waals surface area contributed by atoms with Gasteiger partial charge in [0.2, 0.25) is 0 Å². The molecule has 4 nitrogen and oxygen atoms in total. The molecular formula is C40H30N4. The number of rotatable bonds is 4. The predicted molar refractivity (Wildman–Crippen MR) is 176 cm³/mol. The first kappa shape index (κ1) is 26.2. The molecule has 8 rings (SSSR count). The van der Waals surface area contributed by atoms with E-state index in [0.29, 0.717) is 5.82 Å². The molecule has 0 radical (unpaired) electrons. The molecule has 0 unspecified atom stereocenters. The summed E-state index contributed by atoms with van der Waals surface area (Å²) in [5, 5.41) is 10.2. The molecule has 2 aromatic heterocycles. The zero-order valence-corrected chi connectivity index (χ0v) is 24.4. The topological polar surface area (TPSA) is 62.5 Å². The predicted octanol–water partition coefficient (Wildman–Crippen LogP) is 9.64. The SMILES string of the molecule is N#Cc1cccc2c1C1(CCCCC1)c1cccc(-c3cc(-c4ccc(-c5cccnc5)cc4)nc(-c4ccccc4)n3)c1-2. The maximum atomic E-state index is 10.2. The molecule has 0 aliphatic heterocycles. The van der Waals surface area contributed by atoms with Gasteiger partial charge in [-0.15, -0.1) is 0 Å². The number of hydrogen-bond donors (Lipinski definition) is 0. The van der Waals surface area contributed by atoms with E-state index in [-0.39, 0.29) is 5.41 Å². The van der Waals surface area contributed by atoms with Crippen LogP contribution in [0.5, 0.6) is 0 Å². The van der Waals surface area contributed by atoms with E-state index >= 15 is 0 Å². The minimum absolute atomic E-state index is 0.120. The molecule has 0 amide bonds. The number of hydrogen-bond acceptors (Lipinski definition) is 4. The van der Waals surface area contributed by atoms with E-state index < -0.39 is 0 Å². The Bertz CT molecular complexity index is 2030. The molecule has 1 spiro atoms. The zero-order chi connectivity index (χ0) is 29.5. The lowest BCUT2D eigenvalue weighted by molar-refractivity contribution is 0.352. The van der Waals surface area contributed by atoms with Gasteiger partial charge in [0, 0.05) is 34.5 Å². The fourth-order valence-electron chi connectivity index (χ4n) is 7.45. The van der Waals surface area contributed by atoms with Crippen molar-refractivity contribution in [3.05, 3.63) is 138 Å². The summed E-state index contributed by atoms with van der Waals surface area (Å²) in [4.78, 5) is 14.6. The Labute approximate surface area is 257 Å². The molecule has 210 valence electrons. The summed E-state index contributed by atoms with van der Waals surface area (Å²) in [5.74, 6) is 0.698.